The van der Waals surface area contributed by atoms with E-state index in [0.29, 0.717) is 17.5 Å². The Balaban J connectivity index is 1.82. The fraction of sp³-hybridized carbons (Fsp3) is 0. The lowest BCUT2D eigenvalue weighted by Crippen LogP contribution is -2.05. The average Bonchev–Trinajstić information content (AvgIpc) is 2.56. The molecule has 0 amide bonds. The standard InChI is InChI=1S/C17H14N4O2/c22-16(23)13-8-4-5-9-14(13)20-17-18-11-10-15(21-17)19-12-6-2-1-3-7-12/h1-11H,(H,22,23)(H2,18,19,20,21). The molecule has 3 aromatic rings. The van der Waals surface area contributed by atoms with Crippen molar-refractivity contribution >= 4 is 29.1 Å². The summed E-state index contributed by atoms with van der Waals surface area (Å²) in [5.41, 5.74) is 1.51. The van der Waals surface area contributed by atoms with Crippen molar-refractivity contribution in [2.24, 2.45) is 0 Å². The number of benzene rings is 2. The van der Waals surface area contributed by atoms with Crippen LogP contribution in [0.15, 0.2) is 66.9 Å². The number of hydrogen-bond donors (Lipinski definition) is 3. The van der Waals surface area contributed by atoms with E-state index in [1.807, 2.05) is 30.3 Å². The van der Waals surface area contributed by atoms with Crippen LogP contribution in [0.2, 0.25) is 0 Å². The Hall–Kier alpha value is -3.41. The van der Waals surface area contributed by atoms with E-state index in [1.165, 1.54) is 6.07 Å². The molecule has 0 radical (unpaired) electrons. The minimum absolute atomic E-state index is 0.164. The van der Waals surface area contributed by atoms with Gasteiger partial charge in [0.25, 0.3) is 0 Å². The van der Waals surface area contributed by atoms with Crippen molar-refractivity contribution in [3.8, 4) is 0 Å². The van der Waals surface area contributed by atoms with Crippen molar-refractivity contribution in [3.63, 3.8) is 0 Å². The summed E-state index contributed by atoms with van der Waals surface area (Å²) >= 11 is 0. The quantitative estimate of drug-likeness (QED) is 0.667. The van der Waals surface area contributed by atoms with Gasteiger partial charge < -0.3 is 15.7 Å². The van der Waals surface area contributed by atoms with Crippen molar-refractivity contribution in [1.29, 1.82) is 0 Å². The smallest absolute Gasteiger partial charge is 0.337 e. The molecule has 0 unspecified atom stereocenters. The Labute approximate surface area is 132 Å². The lowest BCUT2D eigenvalue weighted by atomic mass is 10.2. The molecule has 6 heteroatoms. The third-order valence-electron chi connectivity index (χ3n) is 3.11. The maximum Gasteiger partial charge on any atom is 0.337 e. The van der Waals surface area contributed by atoms with Crippen LogP contribution in [-0.2, 0) is 0 Å². The van der Waals surface area contributed by atoms with Gasteiger partial charge in [-0.15, -0.1) is 0 Å². The van der Waals surface area contributed by atoms with Gasteiger partial charge in [-0.3, -0.25) is 0 Å². The highest BCUT2D eigenvalue weighted by Gasteiger charge is 2.10. The number of nitrogens with one attached hydrogen (secondary N) is 2. The van der Waals surface area contributed by atoms with Crippen LogP contribution in [0, 0.1) is 0 Å². The van der Waals surface area contributed by atoms with Crippen LogP contribution in [0.3, 0.4) is 0 Å². The van der Waals surface area contributed by atoms with Gasteiger partial charge in [-0.2, -0.15) is 4.98 Å². The number of carboxylic acid groups (broad SMARTS) is 1. The minimum atomic E-state index is -1.01. The Morgan fingerprint density at radius 1 is 0.913 bits per heavy atom. The zero-order valence-electron chi connectivity index (χ0n) is 12.1. The number of carboxylic acids is 1. The van der Waals surface area contributed by atoms with Gasteiger partial charge in [0.1, 0.15) is 5.82 Å². The Morgan fingerprint density at radius 3 is 2.43 bits per heavy atom. The molecule has 0 fully saturated rings. The van der Waals surface area contributed by atoms with E-state index in [0.717, 1.165) is 5.69 Å². The Bertz CT molecular complexity index is 822. The second-order valence-corrected chi connectivity index (χ2v) is 4.73. The second-order valence-electron chi connectivity index (χ2n) is 4.73. The van der Waals surface area contributed by atoms with E-state index in [1.54, 1.807) is 30.5 Å². The van der Waals surface area contributed by atoms with E-state index >= 15 is 0 Å². The van der Waals surface area contributed by atoms with E-state index in [4.69, 9.17) is 0 Å². The van der Waals surface area contributed by atoms with Gasteiger partial charge in [0.15, 0.2) is 0 Å². The zero-order valence-corrected chi connectivity index (χ0v) is 12.1. The van der Waals surface area contributed by atoms with Crippen LogP contribution < -0.4 is 10.6 Å². The maximum absolute atomic E-state index is 11.2. The largest absolute Gasteiger partial charge is 0.478 e. The number of anilines is 4. The normalized spacial score (nSPS) is 10.1. The SMILES string of the molecule is O=C(O)c1ccccc1Nc1nccc(Nc2ccccc2)n1. The van der Waals surface area contributed by atoms with Crippen LogP contribution in [0.4, 0.5) is 23.1 Å². The van der Waals surface area contributed by atoms with Gasteiger partial charge in [-0.25, -0.2) is 9.78 Å². The fourth-order valence-corrected chi connectivity index (χ4v) is 2.06. The van der Waals surface area contributed by atoms with E-state index in [2.05, 4.69) is 20.6 Å². The topological polar surface area (TPSA) is 87.1 Å². The minimum Gasteiger partial charge on any atom is -0.478 e. The summed E-state index contributed by atoms with van der Waals surface area (Å²) in [6.45, 7) is 0. The molecular formula is C17H14N4O2. The van der Waals surface area contributed by atoms with Crippen molar-refractivity contribution in [3.05, 3.63) is 72.4 Å². The Morgan fingerprint density at radius 2 is 1.65 bits per heavy atom. The third kappa shape index (κ3) is 3.62. The molecular weight excluding hydrogens is 292 g/mol. The molecule has 0 saturated carbocycles. The van der Waals surface area contributed by atoms with Crippen molar-refractivity contribution in [2.45, 2.75) is 0 Å². The summed E-state index contributed by atoms with van der Waals surface area (Å²) in [6.07, 6.45) is 1.60. The number of rotatable bonds is 5. The predicted octanol–water partition coefficient (Wildman–Crippen LogP) is 3.66. The molecule has 3 N–H and O–H groups in total. The van der Waals surface area contributed by atoms with Gasteiger partial charge in [0.2, 0.25) is 5.95 Å². The highest BCUT2D eigenvalue weighted by atomic mass is 16.4. The molecule has 0 bridgehead atoms. The first kappa shape index (κ1) is 14.5. The zero-order chi connectivity index (χ0) is 16.1. The number of nitrogens with zero attached hydrogens (tertiary/aromatic N) is 2. The van der Waals surface area contributed by atoms with Crippen LogP contribution in [0.25, 0.3) is 0 Å². The van der Waals surface area contributed by atoms with Gasteiger partial charge >= 0.3 is 5.97 Å². The molecule has 6 nitrogen and oxygen atoms in total. The number of aromatic carboxylic acids is 1. The summed E-state index contributed by atoms with van der Waals surface area (Å²) in [7, 11) is 0. The number of para-hydroxylation sites is 2. The molecule has 1 heterocycles. The van der Waals surface area contributed by atoms with Gasteiger partial charge in [-0.05, 0) is 30.3 Å². The molecule has 2 aromatic carbocycles. The monoisotopic (exact) mass is 306 g/mol. The van der Waals surface area contributed by atoms with Crippen molar-refractivity contribution < 1.29 is 9.90 Å². The summed E-state index contributed by atoms with van der Waals surface area (Å²) in [5.74, 6) is -0.0761. The Kier molecular flexibility index (Phi) is 4.15. The summed E-state index contributed by atoms with van der Waals surface area (Å²) in [4.78, 5) is 19.7. The lowest BCUT2D eigenvalue weighted by Gasteiger charge is -2.10. The summed E-state index contributed by atoms with van der Waals surface area (Å²) in [5, 5.41) is 15.3. The van der Waals surface area contributed by atoms with Crippen LogP contribution in [0.5, 0.6) is 0 Å². The summed E-state index contributed by atoms with van der Waals surface area (Å²) < 4.78 is 0. The van der Waals surface area contributed by atoms with Gasteiger partial charge in [0, 0.05) is 11.9 Å². The van der Waals surface area contributed by atoms with E-state index in [9.17, 15) is 9.90 Å². The third-order valence-corrected chi connectivity index (χ3v) is 3.11. The van der Waals surface area contributed by atoms with Crippen LogP contribution in [0.1, 0.15) is 10.4 Å². The summed E-state index contributed by atoms with van der Waals surface area (Å²) in [6, 6.07) is 18.0. The van der Waals surface area contributed by atoms with Gasteiger partial charge in [0.05, 0.1) is 11.3 Å². The first-order valence-corrected chi connectivity index (χ1v) is 6.97. The van der Waals surface area contributed by atoms with Crippen LogP contribution >= 0.6 is 0 Å². The second kappa shape index (κ2) is 6.57. The molecule has 0 spiro atoms. The fourth-order valence-electron chi connectivity index (χ4n) is 2.06. The molecule has 0 aliphatic carbocycles. The first-order valence-electron chi connectivity index (χ1n) is 6.97. The van der Waals surface area contributed by atoms with Crippen molar-refractivity contribution in [2.75, 3.05) is 10.6 Å². The highest BCUT2D eigenvalue weighted by molar-refractivity contribution is 5.94. The van der Waals surface area contributed by atoms with Crippen molar-refractivity contribution in [1.82, 2.24) is 9.97 Å². The molecule has 0 aliphatic heterocycles. The average molecular weight is 306 g/mol. The number of hydrogen-bond acceptors (Lipinski definition) is 5. The lowest BCUT2D eigenvalue weighted by molar-refractivity contribution is 0.0698. The van der Waals surface area contributed by atoms with E-state index < -0.39 is 5.97 Å². The molecule has 0 aliphatic rings. The number of carbonyl (C=O) groups is 1. The van der Waals surface area contributed by atoms with E-state index in [-0.39, 0.29) is 5.56 Å². The number of aromatic nitrogens is 2. The molecule has 114 valence electrons. The molecule has 0 atom stereocenters. The predicted molar refractivity (Wildman–Crippen MR) is 88.4 cm³/mol. The maximum atomic E-state index is 11.2. The first-order chi connectivity index (χ1) is 11.2. The molecule has 23 heavy (non-hydrogen) atoms. The van der Waals surface area contributed by atoms with Crippen LogP contribution in [-0.4, -0.2) is 21.0 Å². The molecule has 1 aromatic heterocycles. The van der Waals surface area contributed by atoms with Gasteiger partial charge in [-0.1, -0.05) is 30.3 Å². The molecule has 0 saturated heterocycles. The molecule has 3 rings (SSSR count). The highest BCUT2D eigenvalue weighted by Crippen LogP contribution is 2.20.